The van der Waals surface area contributed by atoms with E-state index < -0.39 is 0 Å². The minimum Gasteiger partial charge on any atom is -0.350 e. The third-order valence-corrected chi connectivity index (χ3v) is 4.48. The second-order valence-electron chi connectivity index (χ2n) is 4.22. The summed E-state index contributed by atoms with van der Waals surface area (Å²) in [6, 6.07) is 1.66. The van der Waals surface area contributed by atoms with E-state index in [1.54, 1.807) is 17.6 Å². The Morgan fingerprint density at radius 3 is 2.75 bits per heavy atom. The molecule has 0 saturated carbocycles. The molecule has 108 valence electrons. The van der Waals surface area contributed by atoms with Crippen molar-refractivity contribution in [2.24, 2.45) is 5.73 Å². The van der Waals surface area contributed by atoms with Crippen LogP contribution in [0.2, 0.25) is 0 Å². The molecule has 1 aliphatic heterocycles. The van der Waals surface area contributed by atoms with Gasteiger partial charge in [0.1, 0.15) is 17.6 Å². The molecule has 1 amide bonds. The summed E-state index contributed by atoms with van der Waals surface area (Å²) in [5, 5.41) is 7.22. The number of H-pyrrole nitrogens is 1. The van der Waals surface area contributed by atoms with Gasteiger partial charge >= 0.3 is 0 Å². The maximum Gasteiger partial charge on any atom is 0.267 e. The Morgan fingerprint density at radius 1 is 1.45 bits per heavy atom. The molecule has 1 aromatic heterocycles. The van der Waals surface area contributed by atoms with Crippen LogP contribution in [0.4, 0.5) is 0 Å². The van der Waals surface area contributed by atoms with E-state index in [1.165, 1.54) is 0 Å². The lowest BCUT2D eigenvalue weighted by Gasteiger charge is -2.05. The highest BCUT2D eigenvalue weighted by Gasteiger charge is 2.21. The molecule has 2 heterocycles. The third kappa shape index (κ3) is 3.69. The van der Waals surface area contributed by atoms with E-state index in [2.05, 4.69) is 47.5 Å². The van der Waals surface area contributed by atoms with Gasteiger partial charge in [-0.2, -0.15) is 0 Å². The number of nitrogens with two attached hydrogens (primary N) is 2. The number of carbonyl (C=O) groups is 2. The van der Waals surface area contributed by atoms with Crippen LogP contribution in [0.1, 0.15) is 16.9 Å². The fraction of sp³-hybridized carbons (Fsp3) is 0.273. The fourth-order valence-corrected chi connectivity index (χ4v) is 2.35. The number of carbonyl (C=O) groups excluding carboxylic acids is 2. The number of aromatic amines is 1. The van der Waals surface area contributed by atoms with Gasteiger partial charge in [-0.1, -0.05) is 0 Å². The second kappa shape index (κ2) is 6.53. The summed E-state index contributed by atoms with van der Waals surface area (Å²) in [6.45, 7) is 0.264. The Morgan fingerprint density at radius 2 is 2.20 bits per heavy atom. The number of nitrogens with one attached hydrogen (secondary N) is 3. The highest BCUT2D eigenvalue weighted by atomic mass is 79.9. The van der Waals surface area contributed by atoms with Gasteiger partial charge in [0.25, 0.3) is 5.91 Å². The Bertz CT molecular complexity index is 550. The van der Waals surface area contributed by atoms with Crippen LogP contribution < -0.4 is 21.7 Å². The van der Waals surface area contributed by atoms with Gasteiger partial charge < -0.3 is 15.6 Å². The van der Waals surface area contributed by atoms with Crippen LogP contribution in [0.15, 0.2) is 27.0 Å². The molecule has 0 aliphatic carbocycles. The molecule has 0 saturated heterocycles. The summed E-state index contributed by atoms with van der Waals surface area (Å²) in [5.41, 5.74) is 6.48. The summed E-state index contributed by atoms with van der Waals surface area (Å²) >= 11 is 6.54. The first-order valence-corrected chi connectivity index (χ1v) is 7.48. The lowest BCUT2D eigenvalue weighted by molar-refractivity contribution is -0.620. The highest BCUT2D eigenvalue weighted by Crippen LogP contribution is 2.22. The maximum absolute atomic E-state index is 11.8. The number of hydrogen-bond acceptors (Lipinski definition) is 4. The molecular formula is C11H14Br2N5O2+. The van der Waals surface area contributed by atoms with Crippen LogP contribution in [0.3, 0.4) is 0 Å². The highest BCUT2D eigenvalue weighted by molar-refractivity contribution is 9.13. The maximum atomic E-state index is 11.8. The molecule has 0 bridgehead atoms. The quantitative estimate of drug-likeness (QED) is 0.451. The molecule has 0 spiro atoms. The van der Waals surface area contributed by atoms with Gasteiger partial charge in [0.15, 0.2) is 5.78 Å². The normalized spacial score (nSPS) is 17.6. The lowest BCUT2D eigenvalue weighted by Crippen LogP contribution is -2.88. The smallest absolute Gasteiger partial charge is 0.267 e. The van der Waals surface area contributed by atoms with E-state index in [0.717, 1.165) is 4.47 Å². The van der Waals surface area contributed by atoms with Crippen LogP contribution in [0.5, 0.6) is 0 Å². The largest absolute Gasteiger partial charge is 0.350 e. The third-order valence-electron chi connectivity index (χ3n) is 2.70. The number of rotatable bonds is 5. The summed E-state index contributed by atoms with van der Waals surface area (Å²) in [6.07, 6.45) is 1.57. The zero-order valence-corrected chi connectivity index (χ0v) is 13.5. The Balaban J connectivity index is 1.78. The molecule has 7 nitrogen and oxygen atoms in total. The van der Waals surface area contributed by atoms with Crippen molar-refractivity contribution < 1.29 is 14.9 Å². The monoisotopic (exact) mass is 406 g/mol. The van der Waals surface area contributed by atoms with E-state index in [9.17, 15) is 9.59 Å². The zero-order valence-electron chi connectivity index (χ0n) is 10.4. The Kier molecular flexibility index (Phi) is 4.97. The Labute approximate surface area is 132 Å². The topological polar surface area (TPSA) is 117 Å². The predicted octanol–water partition coefficient (Wildman–Crippen LogP) is -0.521. The molecule has 1 aliphatic rings. The van der Waals surface area contributed by atoms with Gasteiger partial charge in [-0.25, -0.2) is 0 Å². The first-order chi connectivity index (χ1) is 9.47. The number of Topliss-reactive ketones (excluding diaryl/α,β-unsaturated/α-hetero) is 1. The molecule has 1 unspecified atom stereocenters. The number of quaternary nitrogens is 1. The molecule has 7 N–H and O–H groups in total. The molecule has 0 fully saturated rings. The van der Waals surface area contributed by atoms with E-state index in [1.807, 2.05) is 0 Å². The molecular weight excluding hydrogens is 394 g/mol. The van der Waals surface area contributed by atoms with Gasteiger partial charge in [0.05, 0.1) is 9.08 Å². The lowest BCUT2D eigenvalue weighted by atomic mass is 10.2. The molecule has 0 aromatic carbocycles. The van der Waals surface area contributed by atoms with E-state index in [0.29, 0.717) is 16.0 Å². The average Bonchev–Trinajstić information content (AvgIpc) is 2.96. The molecule has 1 aromatic rings. The molecule has 20 heavy (non-hydrogen) atoms. The number of allylic oxidation sites excluding steroid dienone is 1. The van der Waals surface area contributed by atoms with Crippen molar-refractivity contribution in [3.63, 3.8) is 0 Å². The van der Waals surface area contributed by atoms with E-state index >= 15 is 0 Å². The minimum atomic E-state index is -0.308. The number of halogens is 2. The Hall–Kier alpha value is -1.16. The number of aromatic nitrogens is 1. The summed E-state index contributed by atoms with van der Waals surface area (Å²) in [4.78, 5) is 26.5. The summed E-state index contributed by atoms with van der Waals surface area (Å²) < 4.78 is 1.46. The number of amides is 1. The first kappa shape index (κ1) is 15.2. The van der Waals surface area contributed by atoms with Crippen molar-refractivity contribution >= 4 is 43.6 Å². The van der Waals surface area contributed by atoms with Gasteiger partial charge in [-0.15, -0.1) is 0 Å². The standard InChI is InChI=1S/C11H13Br2N5O2/c12-5-3-6(17-9(5)13)10(20)15-2-1-8(19)7-4-16-11(14)18-7/h3-4,11,16-18H,1-2,14H2,(H,15,20)/p+1. The van der Waals surface area contributed by atoms with Gasteiger partial charge in [0.2, 0.25) is 6.29 Å². The van der Waals surface area contributed by atoms with Gasteiger partial charge in [0, 0.05) is 13.0 Å². The van der Waals surface area contributed by atoms with Crippen molar-refractivity contribution in [3.05, 3.63) is 32.7 Å². The van der Waals surface area contributed by atoms with Gasteiger partial charge in [-0.05, 0) is 37.9 Å². The fourth-order valence-electron chi connectivity index (χ4n) is 1.69. The van der Waals surface area contributed by atoms with Crippen molar-refractivity contribution in [1.82, 2.24) is 15.6 Å². The van der Waals surface area contributed by atoms with Crippen molar-refractivity contribution in [2.45, 2.75) is 12.7 Å². The SMILES string of the molecule is NC1NC(C(=O)CCNC(=O)c2cc(Br)c(Br)[nH]2)=C[NH2+]1. The predicted molar refractivity (Wildman–Crippen MR) is 79.3 cm³/mol. The molecule has 1 atom stereocenters. The van der Waals surface area contributed by atoms with Gasteiger partial charge in [-0.3, -0.25) is 20.6 Å². The van der Waals surface area contributed by atoms with Crippen LogP contribution >= 0.6 is 31.9 Å². The van der Waals surface area contributed by atoms with Crippen LogP contribution in [-0.4, -0.2) is 29.5 Å². The van der Waals surface area contributed by atoms with Crippen LogP contribution in [0.25, 0.3) is 0 Å². The van der Waals surface area contributed by atoms with Crippen LogP contribution in [-0.2, 0) is 4.79 Å². The molecule has 9 heteroatoms. The van der Waals surface area contributed by atoms with Crippen molar-refractivity contribution in [1.29, 1.82) is 0 Å². The molecule has 2 rings (SSSR count). The first-order valence-electron chi connectivity index (χ1n) is 5.90. The van der Waals surface area contributed by atoms with E-state index in [-0.39, 0.29) is 30.9 Å². The average molecular weight is 408 g/mol. The van der Waals surface area contributed by atoms with E-state index in [4.69, 9.17) is 5.73 Å². The van der Waals surface area contributed by atoms with Crippen LogP contribution in [0, 0.1) is 0 Å². The zero-order chi connectivity index (χ0) is 14.7. The van der Waals surface area contributed by atoms with Crippen molar-refractivity contribution in [2.75, 3.05) is 6.54 Å². The molecule has 0 radical (unpaired) electrons. The second-order valence-corrected chi connectivity index (χ2v) is 5.86. The minimum absolute atomic E-state index is 0.0802. The number of ketones is 1. The van der Waals surface area contributed by atoms with Crippen molar-refractivity contribution in [3.8, 4) is 0 Å². The number of hydrogen-bond donors (Lipinski definition) is 5. The summed E-state index contributed by atoms with van der Waals surface area (Å²) in [7, 11) is 0. The summed E-state index contributed by atoms with van der Waals surface area (Å²) in [5.74, 6) is -0.343.